The van der Waals surface area contributed by atoms with Crippen molar-refractivity contribution in [3.63, 3.8) is 0 Å². The molecule has 0 atom stereocenters. The summed E-state index contributed by atoms with van der Waals surface area (Å²) in [5.74, 6) is -0.927. The van der Waals surface area contributed by atoms with E-state index in [0.717, 1.165) is 17.0 Å². The number of methoxy groups -OCH3 is 1. The van der Waals surface area contributed by atoms with Crippen LogP contribution in [0.2, 0.25) is 0 Å². The van der Waals surface area contributed by atoms with Crippen molar-refractivity contribution in [3.05, 3.63) is 76.6 Å². The zero-order chi connectivity index (χ0) is 22.9. The molecule has 0 saturated carbocycles. The van der Waals surface area contributed by atoms with Crippen molar-refractivity contribution in [2.75, 3.05) is 17.3 Å². The average molecular weight is 460 g/mol. The molecule has 6 nitrogen and oxygen atoms in total. The molecule has 0 bridgehead atoms. The van der Waals surface area contributed by atoms with Gasteiger partial charge < -0.3 is 14.8 Å². The second-order valence-corrected chi connectivity index (χ2v) is 7.52. The van der Waals surface area contributed by atoms with Gasteiger partial charge >= 0.3 is 6.36 Å². The van der Waals surface area contributed by atoms with Gasteiger partial charge in [0.2, 0.25) is 0 Å². The molecule has 164 valence electrons. The Morgan fingerprint density at radius 2 is 1.56 bits per heavy atom. The van der Waals surface area contributed by atoms with Crippen LogP contribution in [-0.2, 0) is 9.59 Å². The molecule has 0 fully saturated rings. The zero-order valence-electron chi connectivity index (χ0n) is 16.5. The van der Waals surface area contributed by atoms with Crippen molar-refractivity contribution >= 4 is 40.1 Å². The monoisotopic (exact) mass is 460 g/mol. The first-order chi connectivity index (χ1) is 15.3. The van der Waals surface area contributed by atoms with Gasteiger partial charge in [0, 0.05) is 10.6 Å². The van der Waals surface area contributed by atoms with E-state index in [1.54, 1.807) is 41.8 Å². The lowest BCUT2D eigenvalue weighted by Gasteiger charge is -2.16. The van der Waals surface area contributed by atoms with Crippen molar-refractivity contribution in [3.8, 4) is 11.5 Å². The second-order valence-electron chi connectivity index (χ2n) is 6.57. The summed E-state index contributed by atoms with van der Waals surface area (Å²) in [6.07, 6.45) is -4.81. The van der Waals surface area contributed by atoms with Gasteiger partial charge in [-0.3, -0.25) is 9.59 Å². The molecule has 2 amide bonds. The van der Waals surface area contributed by atoms with Gasteiger partial charge in [-0.25, -0.2) is 4.90 Å². The highest BCUT2D eigenvalue weighted by Gasteiger charge is 2.40. The maximum absolute atomic E-state index is 13.2. The first-order valence-corrected chi connectivity index (χ1v) is 10.1. The Hall–Kier alpha value is -3.79. The standard InChI is InChI=1S/C22H15F3N2O4S/c1-30-15-10-6-14(7-11-15)27-20(28)18(17-3-2-12-32-17)19(21(27)29)26-13-4-8-16(9-5-13)31-22(23,24)25/h2-12,26H,1H3. The van der Waals surface area contributed by atoms with E-state index in [0.29, 0.717) is 22.0 Å². The van der Waals surface area contributed by atoms with E-state index in [-0.39, 0.29) is 11.3 Å². The number of anilines is 2. The van der Waals surface area contributed by atoms with Gasteiger partial charge in [0.15, 0.2) is 0 Å². The molecule has 1 N–H and O–H groups in total. The Kier molecular flexibility index (Phi) is 5.62. The molecule has 1 aliphatic heterocycles. The molecular weight excluding hydrogens is 445 g/mol. The van der Waals surface area contributed by atoms with Gasteiger partial charge in [-0.2, -0.15) is 0 Å². The number of benzene rings is 2. The second kappa shape index (κ2) is 8.39. The maximum Gasteiger partial charge on any atom is 0.573 e. The Morgan fingerprint density at radius 1 is 0.906 bits per heavy atom. The molecular formula is C22H15F3N2O4S. The van der Waals surface area contributed by atoms with Crippen LogP contribution in [0, 0.1) is 0 Å². The van der Waals surface area contributed by atoms with Crippen molar-refractivity contribution in [2.24, 2.45) is 0 Å². The van der Waals surface area contributed by atoms with Crippen LogP contribution in [0.5, 0.6) is 11.5 Å². The summed E-state index contributed by atoms with van der Waals surface area (Å²) in [5.41, 5.74) is 0.885. The summed E-state index contributed by atoms with van der Waals surface area (Å²) in [6, 6.07) is 14.8. The van der Waals surface area contributed by atoms with Crippen LogP contribution in [0.15, 0.2) is 71.7 Å². The number of imide groups is 1. The van der Waals surface area contributed by atoms with Gasteiger partial charge in [0.1, 0.15) is 17.2 Å². The summed E-state index contributed by atoms with van der Waals surface area (Å²) in [7, 11) is 1.50. The normalized spacial score (nSPS) is 14.2. The molecule has 3 aromatic rings. The van der Waals surface area contributed by atoms with Gasteiger partial charge in [-0.1, -0.05) is 6.07 Å². The highest BCUT2D eigenvalue weighted by atomic mass is 32.1. The lowest BCUT2D eigenvalue weighted by molar-refractivity contribution is -0.274. The number of hydrogen-bond acceptors (Lipinski definition) is 6. The van der Waals surface area contributed by atoms with Crippen molar-refractivity contribution in [1.82, 2.24) is 0 Å². The summed E-state index contributed by atoms with van der Waals surface area (Å²) in [6.45, 7) is 0. The quantitative estimate of drug-likeness (QED) is 0.522. The summed E-state index contributed by atoms with van der Waals surface area (Å²) >= 11 is 1.29. The molecule has 0 radical (unpaired) electrons. The number of rotatable bonds is 6. The molecule has 4 rings (SSSR count). The summed E-state index contributed by atoms with van der Waals surface area (Å²) in [5, 5.41) is 4.66. The van der Waals surface area contributed by atoms with Gasteiger partial charge in [0.25, 0.3) is 11.8 Å². The molecule has 1 aliphatic rings. The molecule has 0 unspecified atom stereocenters. The van der Waals surface area contributed by atoms with Crippen LogP contribution in [0.1, 0.15) is 4.88 Å². The van der Waals surface area contributed by atoms with E-state index in [2.05, 4.69) is 10.1 Å². The molecule has 2 heterocycles. The van der Waals surface area contributed by atoms with Crippen LogP contribution < -0.4 is 19.7 Å². The molecule has 0 aliphatic carbocycles. The van der Waals surface area contributed by atoms with Crippen LogP contribution in [-0.4, -0.2) is 25.3 Å². The van der Waals surface area contributed by atoms with Crippen LogP contribution in [0.3, 0.4) is 0 Å². The maximum atomic E-state index is 13.2. The smallest absolute Gasteiger partial charge is 0.497 e. The fourth-order valence-electron chi connectivity index (χ4n) is 3.15. The third-order valence-corrected chi connectivity index (χ3v) is 5.43. The lowest BCUT2D eigenvalue weighted by Crippen LogP contribution is -2.32. The largest absolute Gasteiger partial charge is 0.573 e. The van der Waals surface area contributed by atoms with E-state index in [4.69, 9.17) is 4.74 Å². The number of nitrogens with zero attached hydrogens (tertiary/aromatic N) is 1. The average Bonchev–Trinajstić information content (AvgIpc) is 3.35. The minimum absolute atomic E-state index is 0.0257. The highest BCUT2D eigenvalue weighted by molar-refractivity contribution is 7.11. The third kappa shape index (κ3) is 4.30. The molecule has 0 saturated heterocycles. The van der Waals surface area contributed by atoms with E-state index >= 15 is 0 Å². The summed E-state index contributed by atoms with van der Waals surface area (Å²) < 4.78 is 46.1. The van der Waals surface area contributed by atoms with E-state index < -0.39 is 23.9 Å². The minimum atomic E-state index is -4.81. The van der Waals surface area contributed by atoms with Gasteiger partial charge in [0.05, 0.1) is 18.4 Å². The molecule has 1 aromatic heterocycles. The molecule has 10 heteroatoms. The highest BCUT2D eigenvalue weighted by Crippen LogP contribution is 2.36. The number of thiophene rings is 1. The predicted molar refractivity (Wildman–Crippen MR) is 113 cm³/mol. The van der Waals surface area contributed by atoms with Crippen molar-refractivity contribution < 1.29 is 32.2 Å². The fourth-order valence-corrected chi connectivity index (χ4v) is 3.91. The zero-order valence-corrected chi connectivity index (χ0v) is 17.3. The van der Waals surface area contributed by atoms with Gasteiger partial charge in [-0.05, 0) is 60.0 Å². The van der Waals surface area contributed by atoms with Crippen molar-refractivity contribution in [2.45, 2.75) is 6.36 Å². The lowest BCUT2D eigenvalue weighted by atomic mass is 10.2. The van der Waals surface area contributed by atoms with Crippen LogP contribution in [0.25, 0.3) is 5.57 Å². The Bertz CT molecular complexity index is 1170. The third-order valence-electron chi connectivity index (χ3n) is 4.54. The topological polar surface area (TPSA) is 67.9 Å². The fraction of sp³-hybridized carbons (Fsp3) is 0.0909. The predicted octanol–water partition coefficient (Wildman–Crippen LogP) is 5.05. The number of amides is 2. The number of nitrogens with one attached hydrogen (secondary N) is 1. The van der Waals surface area contributed by atoms with E-state index in [9.17, 15) is 22.8 Å². The molecule has 32 heavy (non-hydrogen) atoms. The SMILES string of the molecule is COc1ccc(N2C(=O)C(Nc3ccc(OC(F)(F)F)cc3)=C(c3cccs3)C2=O)cc1. The molecule has 0 spiro atoms. The van der Waals surface area contributed by atoms with Crippen LogP contribution >= 0.6 is 11.3 Å². The molecule has 2 aromatic carbocycles. The first-order valence-electron chi connectivity index (χ1n) is 9.20. The summed E-state index contributed by atoms with van der Waals surface area (Å²) in [4.78, 5) is 28.1. The van der Waals surface area contributed by atoms with Crippen LogP contribution in [0.4, 0.5) is 24.5 Å². The Morgan fingerprint density at radius 3 is 2.12 bits per heavy atom. The Labute approximate surface area is 184 Å². The number of carbonyl (C=O) groups excluding carboxylic acids is 2. The number of carbonyl (C=O) groups is 2. The number of halogens is 3. The van der Waals surface area contributed by atoms with Crippen molar-refractivity contribution in [1.29, 1.82) is 0 Å². The van der Waals surface area contributed by atoms with Gasteiger partial charge in [-0.15, -0.1) is 24.5 Å². The number of hydrogen-bond donors (Lipinski definition) is 1. The minimum Gasteiger partial charge on any atom is -0.497 e. The van der Waals surface area contributed by atoms with E-state index in [1.165, 1.54) is 30.6 Å². The number of alkyl halides is 3. The number of ether oxygens (including phenoxy) is 2. The van der Waals surface area contributed by atoms with E-state index in [1.807, 2.05) is 0 Å². The first kappa shape index (κ1) is 21.4. The Balaban J connectivity index is 1.67.